The van der Waals surface area contributed by atoms with Gasteiger partial charge in [-0.15, -0.1) is 0 Å². The van der Waals surface area contributed by atoms with Gasteiger partial charge in [-0.25, -0.2) is 19.9 Å². The molecule has 0 atom stereocenters. The van der Waals surface area contributed by atoms with Crippen LogP contribution >= 0.6 is 0 Å². The Morgan fingerprint density at radius 2 is 0.791 bits per heavy atom. The first-order valence-corrected chi connectivity index (χ1v) is 22.6. The molecular weight excluding hydrogens is 815 g/mol. The molecule has 5 nitrogen and oxygen atoms in total. The number of aromatic nitrogens is 5. The van der Waals surface area contributed by atoms with E-state index in [1.807, 2.05) is 36.4 Å². The lowest BCUT2D eigenvalue weighted by atomic mass is 9.92. The highest BCUT2D eigenvalue weighted by molar-refractivity contribution is 6.24. The molecule has 0 bridgehead atoms. The standard InChI is InChI=1S/C62H39N5/c1-3-15-40(16-4-1)46-20-13-21-47(39-46)62-65-60(44-18-5-2-6-19-44)64-61(66-62)45-31-29-43(30-32-45)58-54-38-35-41-17-7-8-22-49(41)57(54)53-26-14-25-50(59(53)63-58)42-33-36-48(37-34-42)67-55-27-11-9-23-51(55)52-24-10-12-28-56(52)67/h1-39H. The Kier molecular flexibility index (Phi) is 9.10. The zero-order valence-electron chi connectivity index (χ0n) is 36.3. The van der Waals surface area contributed by atoms with E-state index in [2.05, 4.69) is 205 Å². The van der Waals surface area contributed by atoms with Crippen molar-refractivity contribution in [2.24, 2.45) is 0 Å². The van der Waals surface area contributed by atoms with Gasteiger partial charge in [0, 0.05) is 60.4 Å². The lowest BCUT2D eigenvalue weighted by Crippen LogP contribution is -2.00. The monoisotopic (exact) mass is 853 g/mol. The lowest BCUT2D eigenvalue weighted by molar-refractivity contribution is 1.07. The van der Waals surface area contributed by atoms with Crippen molar-refractivity contribution in [2.75, 3.05) is 0 Å². The normalized spacial score (nSPS) is 11.6. The largest absolute Gasteiger partial charge is 0.309 e. The molecule has 0 amide bonds. The van der Waals surface area contributed by atoms with Gasteiger partial charge in [0.05, 0.1) is 22.2 Å². The summed E-state index contributed by atoms with van der Waals surface area (Å²) in [7, 11) is 0. The molecule has 0 unspecified atom stereocenters. The van der Waals surface area contributed by atoms with Crippen LogP contribution in [0.5, 0.6) is 0 Å². The summed E-state index contributed by atoms with van der Waals surface area (Å²) in [6, 6.07) is 83.4. The van der Waals surface area contributed by atoms with Crippen molar-refractivity contribution < 1.29 is 0 Å². The van der Waals surface area contributed by atoms with Crippen molar-refractivity contribution in [1.29, 1.82) is 0 Å². The summed E-state index contributed by atoms with van der Waals surface area (Å²) in [4.78, 5) is 20.8. The zero-order valence-corrected chi connectivity index (χ0v) is 36.3. The van der Waals surface area contributed by atoms with Gasteiger partial charge in [-0.05, 0) is 57.8 Å². The molecule has 3 heterocycles. The van der Waals surface area contributed by atoms with E-state index >= 15 is 0 Å². The number of para-hydroxylation sites is 3. The molecule has 312 valence electrons. The maximum Gasteiger partial charge on any atom is 0.164 e. The van der Waals surface area contributed by atoms with Crippen LogP contribution in [0.15, 0.2) is 237 Å². The van der Waals surface area contributed by atoms with Gasteiger partial charge in [0.2, 0.25) is 0 Å². The van der Waals surface area contributed by atoms with E-state index in [1.54, 1.807) is 0 Å². The SMILES string of the molecule is c1ccc(-c2cccc(-c3nc(-c4ccccc4)nc(-c4ccc(-c5nc6c(-c7ccc(-n8c9ccccc9c9ccccc98)cc7)cccc6c6c5ccc5ccccc56)cc4)n3)c2)cc1. The Bertz CT molecular complexity index is 3960. The zero-order chi connectivity index (χ0) is 44.3. The second-order valence-electron chi connectivity index (χ2n) is 17.0. The Hall–Kier alpha value is -9.06. The van der Waals surface area contributed by atoms with Gasteiger partial charge in [-0.3, -0.25) is 0 Å². The molecule has 0 saturated carbocycles. The van der Waals surface area contributed by atoms with Crippen molar-refractivity contribution in [1.82, 2.24) is 24.5 Å². The minimum absolute atomic E-state index is 0.606. The average Bonchev–Trinajstić information content (AvgIpc) is 3.75. The Labute approximate surface area is 387 Å². The first-order valence-electron chi connectivity index (χ1n) is 22.6. The number of hydrogen-bond acceptors (Lipinski definition) is 4. The molecule has 0 saturated heterocycles. The van der Waals surface area contributed by atoms with Crippen LogP contribution in [0.4, 0.5) is 0 Å². The number of fused-ring (bicyclic) bond motifs is 8. The van der Waals surface area contributed by atoms with E-state index in [4.69, 9.17) is 19.9 Å². The van der Waals surface area contributed by atoms with E-state index in [-0.39, 0.29) is 0 Å². The van der Waals surface area contributed by atoms with Crippen LogP contribution in [0.25, 0.3) is 128 Å². The summed E-state index contributed by atoms with van der Waals surface area (Å²) in [5.41, 5.74) is 13.6. The molecule has 0 radical (unpaired) electrons. The number of hydrogen-bond donors (Lipinski definition) is 0. The Morgan fingerprint density at radius 3 is 1.49 bits per heavy atom. The van der Waals surface area contributed by atoms with Crippen molar-refractivity contribution in [3.8, 4) is 73.4 Å². The molecular formula is C62H39N5. The summed E-state index contributed by atoms with van der Waals surface area (Å²) in [5.74, 6) is 1.85. The minimum atomic E-state index is 0.606. The Morgan fingerprint density at radius 1 is 0.284 bits per heavy atom. The van der Waals surface area contributed by atoms with Crippen LogP contribution in [-0.4, -0.2) is 24.5 Å². The first kappa shape index (κ1) is 38.4. The number of pyridine rings is 1. The van der Waals surface area contributed by atoms with Gasteiger partial charge >= 0.3 is 0 Å². The third kappa shape index (κ3) is 6.64. The molecule has 5 heteroatoms. The fourth-order valence-corrected chi connectivity index (χ4v) is 9.84. The van der Waals surface area contributed by atoms with Crippen molar-refractivity contribution in [3.05, 3.63) is 237 Å². The second-order valence-corrected chi connectivity index (χ2v) is 17.0. The molecule has 3 aromatic heterocycles. The van der Waals surface area contributed by atoms with Crippen LogP contribution in [0.1, 0.15) is 0 Å². The molecule has 13 aromatic rings. The predicted molar refractivity (Wildman–Crippen MR) is 277 cm³/mol. The van der Waals surface area contributed by atoms with Crippen LogP contribution in [0.2, 0.25) is 0 Å². The van der Waals surface area contributed by atoms with Crippen molar-refractivity contribution in [3.63, 3.8) is 0 Å². The van der Waals surface area contributed by atoms with Crippen LogP contribution < -0.4 is 0 Å². The van der Waals surface area contributed by atoms with Gasteiger partial charge in [-0.2, -0.15) is 0 Å². The summed E-state index contributed by atoms with van der Waals surface area (Å²) in [6.07, 6.45) is 0. The lowest BCUT2D eigenvalue weighted by Gasteiger charge is -2.16. The second kappa shape index (κ2) is 15.9. The quantitative estimate of drug-likeness (QED) is 0.150. The molecule has 0 aliphatic carbocycles. The fraction of sp³-hybridized carbons (Fsp3) is 0. The smallest absolute Gasteiger partial charge is 0.164 e. The highest BCUT2D eigenvalue weighted by Crippen LogP contribution is 2.41. The van der Waals surface area contributed by atoms with E-state index in [9.17, 15) is 0 Å². The van der Waals surface area contributed by atoms with Crippen LogP contribution in [0, 0.1) is 0 Å². The number of rotatable bonds is 7. The highest BCUT2D eigenvalue weighted by Gasteiger charge is 2.19. The highest BCUT2D eigenvalue weighted by atomic mass is 15.0. The maximum absolute atomic E-state index is 5.61. The third-order valence-electron chi connectivity index (χ3n) is 13.0. The van der Waals surface area contributed by atoms with Crippen molar-refractivity contribution in [2.45, 2.75) is 0 Å². The van der Waals surface area contributed by atoms with Gasteiger partial charge in [0.25, 0.3) is 0 Å². The van der Waals surface area contributed by atoms with Crippen LogP contribution in [0.3, 0.4) is 0 Å². The van der Waals surface area contributed by atoms with Crippen molar-refractivity contribution >= 4 is 54.3 Å². The summed E-state index contributed by atoms with van der Waals surface area (Å²) in [5, 5.41) is 8.31. The third-order valence-corrected chi connectivity index (χ3v) is 13.0. The molecule has 0 spiro atoms. The number of nitrogens with zero attached hydrogens (tertiary/aromatic N) is 5. The van der Waals surface area contributed by atoms with E-state index in [1.165, 1.54) is 38.0 Å². The molecule has 0 fully saturated rings. The van der Waals surface area contributed by atoms with Gasteiger partial charge in [-0.1, -0.05) is 206 Å². The first-order chi connectivity index (χ1) is 33.2. The Balaban J connectivity index is 0.942. The summed E-state index contributed by atoms with van der Waals surface area (Å²) in [6.45, 7) is 0. The average molecular weight is 854 g/mol. The molecule has 0 aliphatic heterocycles. The van der Waals surface area contributed by atoms with Gasteiger partial charge < -0.3 is 4.57 Å². The van der Waals surface area contributed by atoms with E-state index in [0.29, 0.717) is 17.5 Å². The molecule has 0 N–H and O–H groups in total. The van der Waals surface area contributed by atoms with Crippen LogP contribution in [-0.2, 0) is 0 Å². The summed E-state index contributed by atoms with van der Waals surface area (Å²) >= 11 is 0. The number of benzene rings is 10. The predicted octanol–water partition coefficient (Wildman–Crippen LogP) is 15.8. The molecule has 13 rings (SSSR count). The maximum atomic E-state index is 5.61. The topological polar surface area (TPSA) is 56.5 Å². The van der Waals surface area contributed by atoms with Gasteiger partial charge in [0.1, 0.15) is 0 Å². The fourth-order valence-electron chi connectivity index (χ4n) is 9.84. The minimum Gasteiger partial charge on any atom is -0.309 e. The van der Waals surface area contributed by atoms with E-state index in [0.717, 1.165) is 72.2 Å². The van der Waals surface area contributed by atoms with E-state index < -0.39 is 0 Å². The molecule has 67 heavy (non-hydrogen) atoms. The van der Waals surface area contributed by atoms with Gasteiger partial charge in [0.15, 0.2) is 17.5 Å². The summed E-state index contributed by atoms with van der Waals surface area (Å²) < 4.78 is 2.36. The molecule has 0 aliphatic rings. The molecule has 10 aromatic carbocycles.